The van der Waals surface area contributed by atoms with Gasteiger partial charge in [0, 0.05) is 46.6 Å². The number of hydrogen-bond acceptors (Lipinski definition) is 10. The van der Waals surface area contributed by atoms with E-state index in [1.165, 1.54) is 33.4 Å². The summed E-state index contributed by atoms with van der Waals surface area (Å²) in [6.45, 7) is 18.2. The van der Waals surface area contributed by atoms with Crippen LogP contribution in [-0.4, -0.2) is 31.4 Å². The van der Waals surface area contributed by atoms with Crippen molar-refractivity contribution in [1.29, 1.82) is 0 Å². The van der Waals surface area contributed by atoms with Gasteiger partial charge in [0.15, 0.2) is 10.3 Å². The van der Waals surface area contributed by atoms with Crippen LogP contribution in [0.4, 0.5) is 0 Å². The molecule has 0 atom stereocenters. The van der Waals surface area contributed by atoms with Crippen LogP contribution in [-0.2, 0) is 33.8 Å². The van der Waals surface area contributed by atoms with Crippen LogP contribution in [0.15, 0.2) is 78.9 Å². The summed E-state index contributed by atoms with van der Waals surface area (Å²) in [5.74, 6) is 5.50. The van der Waals surface area contributed by atoms with E-state index in [0.29, 0.717) is 0 Å². The zero-order valence-electron chi connectivity index (χ0n) is 29.5. The fourth-order valence-corrected chi connectivity index (χ4v) is 10.0. The highest BCUT2D eigenvalue weighted by molar-refractivity contribution is 8.00. The van der Waals surface area contributed by atoms with Crippen molar-refractivity contribution >= 4 is 70.6 Å². The van der Waals surface area contributed by atoms with Crippen LogP contribution in [0.2, 0.25) is 0 Å². The van der Waals surface area contributed by atoms with E-state index in [4.69, 9.17) is 19.9 Å². The van der Waals surface area contributed by atoms with E-state index >= 15 is 0 Å². The lowest BCUT2D eigenvalue weighted by molar-refractivity contribution is 0.589. The summed E-state index contributed by atoms with van der Waals surface area (Å²) in [4.78, 5) is 20.0. The van der Waals surface area contributed by atoms with E-state index in [-0.39, 0.29) is 10.8 Å². The highest BCUT2D eigenvalue weighted by atomic mass is 32.2. The second-order valence-corrected chi connectivity index (χ2v) is 20.2. The Bertz CT molecular complexity index is 1480. The van der Waals surface area contributed by atoms with E-state index in [2.05, 4.69) is 104 Å². The zero-order valence-corrected chi connectivity index (χ0v) is 34.4. The third-order valence-corrected chi connectivity index (χ3v) is 13.6. The van der Waals surface area contributed by atoms with Gasteiger partial charge in [-0.3, -0.25) is 0 Å². The van der Waals surface area contributed by atoms with Crippen molar-refractivity contribution < 1.29 is 0 Å². The Labute approximate surface area is 314 Å². The molecule has 2 aromatic heterocycles. The molecule has 0 fully saturated rings. The Hall–Kier alpha value is -1.30. The SMILES string of the molecule is CCCSc1nc2cc(n1)SCc1cc(cc(C(C)(C)C)c1)CSc1cc(nc(SCCC)n1)SCc1cc(cc(C(C)(C)C)c1)CS2. The molecule has 0 radical (unpaired) electrons. The third kappa shape index (κ3) is 11.4. The summed E-state index contributed by atoms with van der Waals surface area (Å²) in [6.07, 6.45) is 2.20. The molecule has 5 rings (SSSR count). The largest absolute Gasteiger partial charge is 0.216 e. The van der Waals surface area contributed by atoms with Gasteiger partial charge >= 0.3 is 0 Å². The number of fused-ring (bicyclic) bond motifs is 8. The molecule has 2 aromatic carbocycles. The Morgan fingerprint density at radius 1 is 0.479 bits per heavy atom. The van der Waals surface area contributed by atoms with E-state index < -0.39 is 0 Å². The molecule has 0 aliphatic carbocycles. The van der Waals surface area contributed by atoms with Gasteiger partial charge in [0.05, 0.1) is 0 Å². The van der Waals surface area contributed by atoms with Crippen molar-refractivity contribution in [1.82, 2.24) is 19.9 Å². The Morgan fingerprint density at radius 3 is 1.02 bits per heavy atom. The Morgan fingerprint density at radius 2 is 0.771 bits per heavy atom. The predicted molar refractivity (Wildman–Crippen MR) is 215 cm³/mol. The smallest absolute Gasteiger partial charge is 0.189 e. The first-order valence-electron chi connectivity index (χ1n) is 16.7. The minimum absolute atomic E-state index is 0.0575. The molecule has 0 spiro atoms. The van der Waals surface area contributed by atoms with Gasteiger partial charge in [-0.1, -0.05) is 115 Å². The minimum atomic E-state index is 0.0575. The van der Waals surface area contributed by atoms with Crippen LogP contribution in [0.5, 0.6) is 0 Å². The molecule has 4 aromatic rings. The first-order valence-corrected chi connectivity index (χ1v) is 22.6. The summed E-state index contributed by atoms with van der Waals surface area (Å²) < 4.78 is 0. The van der Waals surface area contributed by atoms with Crippen molar-refractivity contribution in [3.8, 4) is 0 Å². The summed E-state index contributed by atoms with van der Waals surface area (Å²) >= 11 is 10.8. The van der Waals surface area contributed by atoms with E-state index in [1.807, 2.05) is 47.0 Å². The summed E-state index contributed by atoms with van der Waals surface area (Å²) in [7, 11) is 0. The van der Waals surface area contributed by atoms with E-state index in [0.717, 1.165) is 77.8 Å². The number of benzene rings is 2. The van der Waals surface area contributed by atoms with Crippen LogP contribution in [0.3, 0.4) is 0 Å². The highest BCUT2D eigenvalue weighted by Crippen LogP contribution is 2.36. The quantitative estimate of drug-likeness (QED) is 0.108. The molecule has 256 valence electrons. The van der Waals surface area contributed by atoms with Crippen molar-refractivity contribution in [2.75, 3.05) is 11.5 Å². The number of rotatable bonds is 6. The van der Waals surface area contributed by atoms with Crippen LogP contribution < -0.4 is 0 Å². The van der Waals surface area contributed by atoms with Gasteiger partial charge in [-0.2, -0.15) is 0 Å². The molecule has 0 amide bonds. The molecule has 48 heavy (non-hydrogen) atoms. The fraction of sp³-hybridized carbons (Fsp3) is 0.474. The molecule has 1 aliphatic heterocycles. The van der Waals surface area contributed by atoms with Gasteiger partial charge in [-0.05, 0) is 57.1 Å². The normalized spacial score (nSPS) is 14.5. The topological polar surface area (TPSA) is 51.6 Å². The average molecular weight is 753 g/mol. The van der Waals surface area contributed by atoms with Gasteiger partial charge in [0.2, 0.25) is 0 Å². The molecule has 4 nitrogen and oxygen atoms in total. The van der Waals surface area contributed by atoms with Gasteiger partial charge in [-0.25, -0.2) is 19.9 Å². The summed E-state index contributed by atoms with van der Waals surface area (Å²) in [5, 5.41) is 5.94. The monoisotopic (exact) mass is 752 g/mol. The average Bonchev–Trinajstić information content (AvgIpc) is 3.05. The molecule has 0 saturated heterocycles. The maximum Gasteiger partial charge on any atom is 0.189 e. The highest BCUT2D eigenvalue weighted by Gasteiger charge is 2.19. The van der Waals surface area contributed by atoms with Crippen LogP contribution >= 0.6 is 70.6 Å². The molecule has 0 unspecified atom stereocenters. The first-order chi connectivity index (χ1) is 22.9. The number of aromatic nitrogens is 4. The second kappa shape index (κ2) is 17.3. The Kier molecular flexibility index (Phi) is 13.7. The molecule has 1 aliphatic rings. The van der Waals surface area contributed by atoms with Crippen LogP contribution in [0, 0.1) is 0 Å². The van der Waals surface area contributed by atoms with Crippen molar-refractivity contribution in [2.24, 2.45) is 0 Å². The van der Waals surface area contributed by atoms with Crippen molar-refractivity contribution in [2.45, 2.75) is 132 Å². The van der Waals surface area contributed by atoms with Gasteiger partial charge in [-0.15, -0.1) is 47.0 Å². The van der Waals surface area contributed by atoms with E-state index in [9.17, 15) is 0 Å². The summed E-state index contributed by atoms with van der Waals surface area (Å²) in [6, 6.07) is 18.7. The van der Waals surface area contributed by atoms with Crippen molar-refractivity contribution in [3.63, 3.8) is 0 Å². The summed E-state index contributed by atoms with van der Waals surface area (Å²) in [5.41, 5.74) is 8.17. The fourth-order valence-electron chi connectivity index (χ4n) is 4.93. The van der Waals surface area contributed by atoms with E-state index in [1.54, 1.807) is 23.5 Å². The molecular formula is C38H48N4S6. The number of thioether (sulfide) groups is 6. The number of nitrogens with zero attached hydrogens (tertiary/aromatic N) is 4. The molecule has 10 heteroatoms. The standard InChI is InChI=1S/C38H48N4S6/c1-9-11-43-35-39-31-19-32(40-35)46-22-26-14-28(18-30(16-26)38(6,7)8)24-48-34-20-33(41-36(42-34)44-12-10-2)47-23-27-13-25(21-45-31)15-29(17-27)37(3,4)5/h13-20H,9-12,21-24H2,1-8H3. The lowest BCUT2D eigenvalue weighted by atomic mass is 9.85. The molecule has 3 heterocycles. The van der Waals surface area contributed by atoms with Gasteiger partial charge < -0.3 is 0 Å². The third-order valence-electron chi connectivity index (χ3n) is 7.57. The van der Waals surface area contributed by atoms with Crippen molar-refractivity contribution in [3.05, 3.63) is 81.9 Å². The van der Waals surface area contributed by atoms with Crippen LogP contribution in [0.1, 0.15) is 102 Å². The maximum atomic E-state index is 5.00. The molecule has 0 saturated carbocycles. The molecule has 8 bridgehead atoms. The zero-order chi connectivity index (χ0) is 34.3. The Balaban J connectivity index is 1.56. The maximum absolute atomic E-state index is 5.00. The minimum Gasteiger partial charge on any atom is -0.216 e. The molecule has 0 N–H and O–H groups in total. The van der Waals surface area contributed by atoms with Gasteiger partial charge in [0.1, 0.15) is 20.1 Å². The van der Waals surface area contributed by atoms with Gasteiger partial charge in [0.25, 0.3) is 0 Å². The lowest BCUT2D eigenvalue weighted by Crippen LogP contribution is -2.12. The lowest BCUT2D eigenvalue weighted by Gasteiger charge is -2.22. The molecular weight excluding hydrogens is 705 g/mol. The first kappa shape index (κ1) is 37.9. The predicted octanol–water partition coefficient (Wildman–Crippen LogP) is 12.3. The number of hydrogen-bond donors (Lipinski definition) is 0. The second-order valence-electron chi connectivity index (χ2n) is 14.1. The van der Waals surface area contributed by atoms with Crippen LogP contribution in [0.25, 0.3) is 0 Å².